The Morgan fingerprint density at radius 1 is 1.23 bits per heavy atom. The van der Waals surface area contributed by atoms with E-state index >= 15 is 0 Å². The highest BCUT2D eigenvalue weighted by molar-refractivity contribution is 5.87. The molecule has 0 unspecified atom stereocenters. The van der Waals surface area contributed by atoms with E-state index in [9.17, 15) is 22.8 Å². The highest BCUT2D eigenvalue weighted by Gasteiger charge is 2.32. The number of carbonyl (C=O) groups is 1. The van der Waals surface area contributed by atoms with Crippen LogP contribution in [0.25, 0.3) is 0 Å². The number of carbonyl (C=O) groups excluding carboxylic acids is 1. The summed E-state index contributed by atoms with van der Waals surface area (Å²) in [6, 6.07) is 7.96. The Bertz CT molecular complexity index is 739. The second kappa shape index (κ2) is 5.92. The summed E-state index contributed by atoms with van der Waals surface area (Å²) in [5, 5.41) is 1.92. The first-order valence-corrected chi connectivity index (χ1v) is 6.19. The van der Waals surface area contributed by atoms with Gasteiger partial charge in [-0.2, -0.15) is 13.2 Å². The fraction of sp³-hybridized carbons (Fsp3) is 0.143. The lowest BCUT2D eigenvalue weighted by molar-refractivity contribution is -0.138. The van der Waals surface area contributed by atoms with E-state index < -0.39 is 29.0 Å². The fourth-order valence-electron chi connectivity index (χ4n) is 1.91. The Morgan fingerprint density at radius 2 is 1.86 bits per heavy atom. The fourth-order valence-corrected chi connectivity index (χ4v) is 1.91. The van der Waals surface area contributed by atoms with Gasteiger partial charge >= 0.3 is 12.2 Å². The van der Waals surface area contributed by atoms with Crippen LogP contribution in [0.4, 0.5) is 23.7 Å². The first-order valence-electron chi connectivity index (χ1n) is 6.19. The lowest BCUT2D eigenvalue weighted by Gasteiger charge is -2.14. The Balaban J connectivity index is 2.51. The molecule has 2 rings (SSSR count). The van der Waals surface area contributed by atoms with Crippen molar-refractivity contribution in [1.82, 2.24) is 4.57 Å². The average molecular weight is 311 g/mol. The molecule has 1 heterocycles. The molecule has 3 N–H and O–H groups in total. The largest absolute Gasteiger partial charge is 0.417 e. The van der Waals surface area contributed by atoms with E-state index in [0.29, 0.717) is 17.8 Å². The van der Waals surface area contributed by atoms with Crippen molar-refractivity contribution in [1.29, 1.82) is 0 Å². The van der Waals surface area contributed by atoms with Gasteiger partial charge in [-0.3, -0.25) is 4.79 Å². The van der Waals surface area contributed by atoms with Gasteiger partial charge in [0.05, 0.1) is 12.1 Å². The summed E-state index contributed by atoms with van der Waals surface area (Å²) in [5.74, 6) is 0. The number of nitrogens with one attached hydrogen (secondary N) is 1. The maximum atomic E-state index is 12.9. The van der Waals surface area contributed by atoms with E-state index in [-0.39, 0.29) is 6.54 Å². The minimum absolute atomic E-state index is 0.0585. The number of benzene rings is 1. The number of aromatic nitrogens is 1. The standard InChI is InChI=1S/C14H12F3N3O2/c15-14(16,17)10-6-11(19-13(18)22)12(21)20(8-10)7-9-4-2-1-3-5-9/h1-6,8H,7H2,(H3,18,19,22). The summed E-state index contributed by atoms with van der Waals surface area (Å²) in [7, 11) is 0. The monoisotopic (exact) mass is 311 g/mol. The highest BCUT2D eigenvalue weighted by Crippen LogP contribution is 2.29. The van der Waals surface area contributed by atoms with Gasteiger partial charge in [0.1, 0.15) is 5.69 Å². The number of anilines is 1. The van der Waals surface area contributed by atoms with Gasteiger partial charge in [-0.1, -0.05) is 30.3 Å². The van der Waals surface area contributed by atoms with Crippen molar-refractivity contribution in [2.24, 2.45) is 5.73 Å². The van der Waals surface area contributed by atoms with Crippen molar-refractivity contribution in [3.63, 3.8) is 0 Å². The van der Waals surface area contributed by atoms with Gasteiger partial charge in [-0.25, -0.2) is 4.79 Å². The van der Waals surface area contributed by atoms with Gasteiger partial charge in [0.25, 0.3) is 5.56 Å². The number of primary amides is 1. The molecule has 0 aliphatic rings. The van der Waals surface area contributed by atoms with Crippen LogP contribution in [0.5, 0.6) is 0 Å². The zero-order valence-electron chi connectivity index (χ0n) is 11.2. The van der Waals surface area contributed by atoms with Crippen LogP contribution in [0.1, 0.15) is 11.1 Å². The number of pyridine rings is 1. The lowest BCUT2D eigenvalue weighted by atomic mass is 10.2. The van der Waals surface area contributed by atoms with Crippen LogP contribution >= 0.6 is 0 Å². The van der Waals surface area contributed by atoms with Gasteiger partial charge in [-0.05, 0) is 11.6 Å². The molecule has 0 radical (unpaired) electrons. The highest BCUT2D eigenvalue weighted by atomic mass is 19.4. The smallest absolute Gasteiger partial charge is 0.351 e. The molecule has 1 aromatic carbocycles. The molecule has 0 fully saturated rings. The summed E-state index contributed by atoms with van der Waals surface area (Å²) >= 11 is 0. The molecule has 0 aliphatic heterocycles. The van der Waals surface area contributed by atoms with E-state index in [1.165, 1.54) is 0 Å². The number of amides is 2. The molecule has 22 heavy (non-hydrogen) atoms. The van der Waals surface area contributed by atoms with Crippen molar-refractivity contribution in [3.8, 4) is 0 Å². The molecule has 0 spiro atoms. The zero-order valence-corrected chi connectivity index (χ0v) is 11.2. The van der Waals surface area contributed by atoms with Gasteiger partial charge < -0.3 is 15.6 Å². The molecular weight excluding hydrogens is 299 g/mol. The summed E-state index contributed by atoms with van der Waals surface area (Å²) in [6.07, 6.45) is -3.94. The molecule has 116 valence electrons. The second-order valence-electron chi connectivity index (χ2n) is 4.55. The van der Waals surface area contributed by atoms with Crippen molar-refractivity contribution in [2.75, 3.05) is 5.32 Å². The minimum atomic E-state index is -4.65. The topological polar surface area (TPSA) is 77.1 Å². The third kappa shape index (κ3) is 3.66. The maximum absolute atomic E-state index is 12.9. The third-order valence-corrected chi connectivity index (χ3v) is 2.87. The van der Waals surface area contributed by atoms with Gasteiger partial charge in [0, 0.05) is 6.20 Å². The molecule has 8 heteroatoms. The lowest BCUT2D eigenvalue weighted by Crippen LogP contribution is -2.30. The van der Waals surface area contributed by atoms with Crippen LogP contribution < -0.4 is 16.6 Å². The van der Waals surface area contributed by atoms with Gasteiger partial charge in [-0.15, -0.1) is 0 Å². The number of halogens is 3. The molecule has 0 aliphatic carbocycles. The Kier molecular flexibility index (Phi) is 4.20. The minimum Gasteiger partial charge on any atom is -0.351 e. The molecular formula is C14H12F3N3O2. The number of urea groups is 1. The number of alkyl halides is 3. The van der Waals surface area contributed by atoms with Crippen LogP contribution in [0.15, 0.2) is 47.4 Å². The molecule has 0 bridgehead atoms. The second-order valence-corrected chi connectivity index (χ2v) is 4.55. The van der Waals surface area contributed by atoms with E-state index in [1.807, 2.05) is 5.32 Å². The first kappa shape index (κ1) is 15.6. The van der Waals surface area contributed by atoms with Crippen LogP contribution in [0, 0.1) is 0 Å². The van der Waals surface area contributed by atoms with E-state index in [2.05, 4.69) is 0 Å². The number of hydrogen-bond acceptors (Lipinski definition) is 2. The molecule has 0 saturated heterocycles. The molecule has 2 amide bonds. The zero-order chi connectivity index (χ0) is 16.3. The Labute approximate surface area is 123 Å². The van der Waals surface area contributed by atoms with E-state index in [4.69, 9.17) is 5.73 Å². The van der Waals surface area contributed by atoms with Crippen LogP contribution in [-0.4, -0.2) is 10.6 Å². The normalized spacial score (nSPS) is 11.2. The number of hydrogen-bond donors (Lipinski definition) is 2. The van der Waals surface area contributed by atoms with E-state index in [1.54, 1.807) is 30.3 Å². The Hall–Kier alpha value is -2.77. The molecule has 2 aromatic rings. The maximum Gasteiger partial charge on any atom is 0.417 e. The third-order valence-electron chi connectivity index (χ3n) is 2.87. The average Bonchev–Trinajstić information content (AvgIpc) is 2.42. The number of nitrogens with two attached hydrogens (primary N) is 1. The van der Waals surface area contributed by atoms with Crippen molar-refractivity contribution in [2.45, 2.75) is 12.7 Å². The van der Waals surface area contributed by atoms with Crippen molar-refractivity contribution >= 4 is 11.7 Å². The molecule has 1 aromatic heterocycles. The number of rotatable bonds is 3. The Morgan fingerprint density at radius 3 is 2.41 bits per heavy atom. The van der Waals surface area contributed by atoms with Crippen LogP contribution in [-0.2, 0) is 12.7 Å². The predicted octanol–water partition coefficient (Wildman–Crippen LogP) is 2.41. The summed E-state index contributed by atoms with van der Waals surface area (Å²) < 4.78 is 39.6. The SMILES string of the molecule is NC(=O)Nc1cc(C(F)(F)F)cn(Cc2ccccc2)c1=O. The molecule has 5 nitrogen and oxygen atoms in total. The quantitative estimate of drug-likeness (QED) is 0.913. The summed E-state index contributed by atoms with van der Waals surface area (Å²) in [4.78, 5) is 22.9. The predicted molar refractivity (Wildman–Crippen MR) is 74.5 cm³/mol. The molecule has 0 saturated carbocycles. The van der Waals surface area contributed by atoms with Crippen molar-refractivity contribution < 1.29 is 18.0 Å². The van der Waals surface area contributed by atoms with Gasteiger partial charge in [0.2, 0.25) is 0 Å². The summed E-state index contributed by atoms with van der Waals surface area (Å²) in [6.45, 7) is -0.0585. The van der Waals surface area contributed by atoms with Crippen LogP contribution in [0.2, 0.25) is 0 Å². The first-order chi connectivity index (χ1) is 10.3. The number of nitrogens with zero attached hydrogens (tertiary/aromatic N) is 1. The molecule has 0 atom stereocenters. The summed E-state index contributed by atoms with van der Waals surface area (Å²) in [5.41, 5.74) is 3.19. The van der Waals surface area contributed by atoms with Gasteiger partial charge in [0.15, 0.2) is 0 Å². The van der Waals surface area contributed by atoms with Crippen LogP contribution in [0.3, 0.4) is 0 Å². The van der Waals surface area contributed by atoms with Crippen molar-refractivity contribution in [3.05, 3.63) is 64.1 Å². The van der Waals surface area contributed by atoms with E-state index in [0.717, 1.165) is 4.57 Å².